The minimum Gasteiger partial charge on any atom is -0.475 e. The van der Waals surface area contributed by atoms with E-state index in [-0.39, 0.29) is 43.7 Å². The summed E-state index contributed by atoms with van der Waals surface area (Å²) in [6.07, 6.45) is -0.467. The zero-order chi connectivity index (χ0) is 43.3. The number of pyridine rings is 1. The van der Waals surface area contributed by atoms with E-state index in [2.05, 4.69) is 9.71 Å². The fourth-order valence-corrected chi connectivity index (χ4v) is 9.67. The summed E-state index contributed by atoms with van der Waals surface area (Å²) in [6, 6.07) is 7.93. The maximum Gasteiger partial charge on any atom is 0.427 e. The summed E-state index contributed by atoms with van der Waals surface area (Å²) >= 11 is 0. The predicted molar refractivity (Wildman–Crippen MR) is 213 cm³/mol. The van der Waals surface area contributed by atoms with E-state index in [1.54, 1.807) is 19.9 Å². The van der Waals surface area contributed by atoms with Gasteiger partial charge in [-0.05, 0) is 102 Å². The van der Waals surface area contributed by atoms with Crippen LogP contribution in [0.5, 0.6) is 11.8 Å². The molecule has 1 aromatic carbocycles. The van der Waals surface area contributed by atoms with Crippen molar-refractivity contribution in [1.82, 2.24) is 14.6 Å². The SMILES string of the molecule is CC(C)Oc1cc2ccccc2c(O[C@@H]2C[C@H]3C(=O)C[C@]4(C(=O)NS(=O)(=O)C5(C)CC5)C[C@H]4/C=C\CC[C@@H](C)C[C@@H](C)[C@H](CC(=O)OC(C)(C)C(F)(F)F)C(=O)N3C2)n1. The third-order valence-electron chi connectivity index (χ3n) is 12.6. The maximum atomic E-state index is 14.9. The number of hydrogen-bond acceptors (Lipinski definition) is 10. The normalized spacial score (nSPS) is 29.4. The Morgan fingerprint density at radius 2 is 1.78 bits per heavy atom. The summed E-state index contributed by atoms with van der Waals surface area (Å²) in [6.45, 7) is 10.4. The molecule has 12 nitrogen and oxygen atoms in total. The lowest BCUT2D eigenvalue weighted by Gasteiger charge is -2.33. The third-order valence-corrected chi connectivity index (χ3v) is 14.7. The molecule has 4 aliphatic rings. The van der Waals surface area contributed by atoms with E-state index in [0.717, 1.165) is 19.2 Å². The monoisotopic (exact) mass is 847 g/mol. The van der Waals surface area contributed by atoms with Crippen molar-refractivity contribution in [3.05, 3.63) is 42.5 Å². The molecule has 0 bridgehead atoms. The van der Waals surface area contributed by atoms with E-state index < -0.39 is 91.8 Å². The third kappa shape index (κ3) is 9.57. The van der Waals surface area contributed by atoms with E-state index in [9.17, 15) is 40.8 Å². The highest BCUT2D eigenvalue weighted by molar-refractivity contribution is 7.91. The van der Waals surface area contributed by atoms with Crippen molar-refractivity contribution in [2.24, 2.45) is 29.1 Å². The van der Waals surface area contributed by atoms with Gasteiger partial charge in [-0.3, -0.25) is 23.9 Å². The van der Waals surface area contributed by atoms with Crippen LogP contribution < -0.4 is 14.2 Å². The average Bonchev–Trinajstić information content (AvgIpc) is 4.01. The Morgan fingerprint density at radius 3 is 2.44 bits per heavy atom. The molecule has 0 spiro atoms. The molecular formula is C43H56F3N3O9S. The largest absolute Gasteiger partial charge is 0.475 e. The highest BCUT2D eigenvalue weighted by atomic mass is 32.2. The molecule has 2 saturated carbocycles. The number of aromatic nitrogens is 1. The van der Waals surface area contributed by atoms with Gasteiger partial charge in [-0.2, -0.15) is 18.2 Å². The van der Waals surface area contributed by atoms with Crippen molar-refractivity contribution in [2.45, 2.75) is 141 Å². The molecule has 1 aromatic heterocycles. The molecule has 3 heterocycles. The van der Waals surface area contributed by atoms with E-state index in [1.165, 1.54) is 4.90 Å². The van der Waals surface area contributed by atoms with Gasteiger partial charge < -0.3 is 19.1 Å². The molecule has 3 fully saturated rings. The summed E-state index contributed by atoms with van der Waals surface area (Å²) < 4.78 is 86.4. The van der Waals surface area contributed by atoms with E-state index in [1.807, 2.05) is 57.2 Å². The molecule has 1 saturated heterocycles. The van der Waals surface area contributed by atoms with Gasteiger partial charge in [-0.25, -0.2) is 8.42 Å². The smallest absolute Gasteiger partial charge is 0.427 e. The van der Waals surface area contributed by atoms with Gasteiger partial charge in [0.1, 0.15) is 6.10 Å². The van der Waals surface area contributed by atoms with Gasteiger partial charge in [0, 0.05) is 24.3 Å². The topological polar surface area (TPSA) is 158 Å². The van der Waals surface area contributed by atoms with E-state index >= 15 is 0 Å². The van der Waals surface area contributed by atoms with Crippen LogP contribution in [0.2, 0.25) is 0 Å². The number of sulfonamides is 1. The summed E-state index contributed by atoms with van der Waals surface area (Å²) in [7, 11) is -4.03. The molecule has 0 unspecified atom stereocenters. The van der Waals surface area contributed by atoms with Crippen molar-refractivity contribution in [1.29, 1.82) is 0 Å². The Balaban J connectivity index is 1.37. The van der Waals surface area contributed by atoms with Gasteiger partial charge in [0.25, 0.3) is 0 Å². The number of esters is 1. The number of carbonyl (C=O) groups excluding carboxylic acids is 4. The van der Waals surface area contributed by atoms with Gasteiger partial charge in [-0.1, -0.05) is 44.2 Å². The Kier molecular flexibility index (Phi) is 12.3. The van der Waals surface area contributed by atoms with Gasteiger partial charge in [-0.15, -0.1) is 0 Å². The van der Waals surface area contributed by atoms with Crippen molar-refractivity contribution in [2.75, 3.05) is 6.54 Å². The Bertz CT molecular complexity index is 2100. The number of nitrogens with one attached hydrogen (secondary N) is 1. The first-order valence-corrected chi connectivity index (χ1v) is 22.0. The molecule has 7 atom stereocenters. The first kappa shape index (κ1) is 44.3. The van der Waals surface area contributed by atoms with E-state index in [4.69, 9.17) is 14.2 Å². The van der Waals surface area contributed by atoms with E-state index in [0.29, 0.717) is 43.4 Å². The number of Topliss-reactive ketones (excluding diaryl/α,β-unsaturated/α-hetero) is 1. The van der Waals surface area contributed by atoms with Crippen molar-refractivity contribution < 1.29 is 55.0 Å². The van der Waals surface area contributed by atoms with Crippen LogP contribution in [0.1, 0.15) is 106 Å². The van der Waals surface area contributed by atoms with Gasteiger partial charge in [0.2, 0.25) is 39.2 Å². The second-order valence-electron chi connectivity index (χ2n) is 18.2. The summed E-state index contributed by atoms with van der Waals surface area (Å²) in [4.78, 5) is 62.8. The fourth-order valence-electron chi connectivity index (χ4n) is 8.34. The van der Waals surface area contributed by atoms with Gasteiger partial charge in [0.05, 0.1) is 41.2 Å². The lowest BCUT2D eigenvalue weighted by molar-refractivity contribution is -0.257. The number of alkyl halides is 3. The molecule has 2 aliphatic heterocycles. The number of amides is 2. The minimum absolute atomic E-state index is 0.0150. The van der Waals surface area contributed by atoms with Gasteiger partial charge >= 0.3 is 12.1 Å². The molecule has 324 valence electrons. The Labute approximate surface area is 344 Å². The Morgan fingerprint density at radius 1 is 1.08 bits per heavy atom. The summed E-state index contributed by atoms with van der Waals surface area (Å²) in [5.41, 5.74) is -4.20. The van der Waals surface area contributed by atoms with Gasteiger partial charge in [0.15, 0.2) is 5.78 Å². The lowest BCUT2D eigenvalue weighted by atomic mass is 9.82. The average molecular weight is 848 g/mol. The molecule has 2 aliphatic carbocycles. The number of halogens is 3. The first-order chi connectivity index (χ1) is 27.4. The number of rotatable bonds is 10. The van der Waals surface area contributed by atoms with Crippen molar-refractivity contribution in [3.63, 3.8) is 0 Å². The molecule has 0 radical (unpaired) electrons. The van der Waals surface area contributed by atoms with Crippen LogP contribution in [0.25, 0.3) is 10.8 Å². The number of nitrogens with zero attached hydrogens (tertiary/aromatic N) is 2. The molecule has 2 aromatic rings. The molecule has 16 heteroatoms. The second kappa shape index (κ2) is 16.3. The highest BCUT2D eigenvalue weighted by Gasteiger charge is 2.63. The summed E-state index contributed by atoms with van der Waals surface area (Å²) in [5, 5.41) is 1.42. The molecule has 2 amide bonds. The molecule has 1 N–H and O–H groups in total. The van der Waals surface area contributed by atoms with Crippen LogP contribution in [-0.2, 0) is 33.9 Å². The van der Waals surface area contributed by atoms with Crippen LogP contribution >= 0.6 is 0 Å². The predicted octanol–water partition coefficient (Wildman–Crippen LogP) is 7.24. The Hall–Kier alpha value is -4.21. The number of carbonyl (C=O) groups is 4. The second-order valence-corrected chi connectivity index (χ2v) is 20.4. The number of hydrogen-bond donors (Lipinski definition) is 1. The standard InChI is InChI=1S/C43H56F3N3O9S/c1-25(2)56-35-19-28-13-9-11-15-31(28)37(47-35)57-30-20-33-34(50)23-42(39(53)48-59(54,55)41(7)16-17-41)22-29(42)14-10-8-12-26(3)18-27(4)32(38(52)49(33)24-30)21-36(51)58-40(5,6)43(44,45)46/h9-11,13-15,19,25-27,29-30,32-33H,8,12,16-18,20-24H2,1-7H3,(H,48,53)/b14-10-/t26-,27-,29-,30-,32+,33+,42-/m1/s1. The van der Waals surface area contributed by atoms with Crippen LogP contribution in [0.4, 0.5) is 13.2 Å². The first-order valence-electron chi connectivity index (χ1n) is 20.5. The van der Waals surface area contributed by atoms with Crippen LogP contribution in [0, 0.1) is 29.1 Å². The number of benzene rings is 1. The quantitative estimate of drug-likeness (QED) is 0.191. The lowest BCUT2D eigenvalue weighted by Crippen LogP contribution is -2.48. The number of ketones is 1. The zero-order valence-electron chi connectivity index (χ0n) is 34.8. The summed E-state index contributed by atoms with van der Waals surface area (Å²) in [5.74, 6) is -4.71. The number of fused-ring (bicyclic) bond motifs is 3. The molecule has 59 heavy (non-hydrogen) atoms. The molecule has 6 rings (SSSR count). The number of ether oxygens (including phenoxy) is 3. The van der Waals surface area contributed by atoms with Crippen molar-refractivity contribution in [3.8, 4) is 11.8 Å². The highest BCUT2D eigenvalue weighted by Crippen LogP contribution is 2.58. The fraction of sp³-hybridized carbons (Fsp3) is 0.651. The van der Waals surface area contributed by atoms with Crippen LogP contribution in [0.3, 0.4) is 0 Å². The zero-order valence-corrected chi connectivity index (χ0v) is 35.6. The minimum atomic E-state index is -4.87. The number of allylic oxidation sites excluding steroid dienone is 2. The molecular weight excluding hydrogens is 792 g/mol. The van der Waals surface area contributed by atoms with Crippen molar-refractivity contribution >= 4 is 44.4 Å². The van der Waals surface area contributed by atoms with Crippen LogP contribution in [-0.4, -0.2) is 83.2 Å². The maximum absolute atomic E-state index is 14.9. The van der Waals surface area contributed by atoms with Crippen LogP contribution in [0.15, 0.2) is 42.5 Å².